The fraction of sp³-hybridized carbons (Fsp3) is 0.562. The lowest BCUT2D eigenvalue weighted by molar-refractivity contribution is -0.134. The number of aliphatic hydroxyl groups is 1. The molecule has 1 aliphatic carbocycles. The number of nitrogens with zero attached hydrogens (tertiary/aromatic N) is 2. The summed E-state index contributed by atoms with van der Waals surface area (Å²) in [5, 5.41) is 15.6. The average molecular weight is 581 g/mol. The van der Waals surface area contributed by atoms with Crippen LogP contribution >= 0.6 is 0 Å². The molecule has 228 valence electrons. The minimum absolute atomic E-state index is 0.0491. The molecule has 2 aromatic rings. The fourth-order valence-electron chi connectivity index (χ4n) is 6.19. The lowest BCUT2D eigenvalue weighted by atomic mass is 9.89. The maximum atomic E-state index is 13.5. The largest absolute Gasteiger partial charge is 0.488 e. The van der Waals surface area contributed by atoms with Crippen LogP contribution in [0.15, 0.2) is 36.4 Å². The smallest absolute Gasteiger partial charge is 0.323 e. The molecule has 5 rings (SSSR count). The van der Waals surface area contributed by atoms with E-state index < -0.39 is 6.03 Å². The first kappa shape index (κ1) is 30.0. The standard InChI is InChI=1S/C32H44N4O6/c1-21-16-36(22(2)19-37)31(38)14-24-13-25(33-32(39)34-26-10-12-28-29(15-26)41-20-40-28)9-11-27(24)42-30(21)18-35(3)17-23-7-5-4-6-8-23/h9-13,15,21-23,30,37H,4-8,14,16-20H2,1-3H3,(H2,33,34,39)/t21-,22+,30+/m0/s1. The van der Waals surface area contributed by atoms with E-state index in [0.717, 1.165) is 13.1 Å². The normalized spacial score (nSPS) is 21.5. The summed E-state index contributed by atoms with van der Waals surface area (Å²) in [6.07, 6.45) is 6.47. The molecule has 0 radical (unpaired) electrons. The number of nitrogens with one attached hydrogen (secondary N) is 2. The summed E-state index contributed by atoms with van der Waals surface area (Å²) in [4.78, 5) is 30.5. The van der Waals surface area contributed by atoms with Gasteiger partial charge in [0.25, 0.3) is 0 Å². The third-order valence-corrected chi connectivity index (χ3v) is 8.59. The van der Waals surface area contributed by atoms with E-state index in [4.69, 9.17) is 14.2 Å². The predicted molar refractivity (Wildman–Crippen MR) is 161 cm³/mol. The average Bonchev–Trinajstić information content (AvgIpc) is 3.45. The van der Waals surface area contributed by atoms with Crippen molar-refractivity contribution in [2.45, 2.75) is 64.5 Å². The molecule has 3 atom stereocenters. The molecule has 1 saturated carbocycles. The Morgan fingerprint density at radius 1 is 1.02 bits per heavy atom. The van der Waals surface area contributed by atoms with Crippen molar-refractivity contribution in [2.75, 3.05) is 50.7 Å². The Bertz CT molecular complexity index is 1250. The van der Waals surface area contributed by atoms with Gasteiger partial charge in [0.05, 0.1) is 19.1 Å². The van der Waals surface area contributed by atoms with Gasteiger partial charge in [-0.25, -0.2) is 4.79 Å². The molecule has 3 amide bonds. The summed E-state index contributed by atoms with van der Waals surface area (Å²) >= 11 is 0. The molecule has 2 heterocycles. The Labute approximate surface area is 248 Å². The summed E-state index contributed by atoms with van der Waals surface area (Å²) in [5.74, 6) is 2.55. The molecule has 0 saturated heterocycles. The number of amides is 3. The third-order valence-electron chi connectivity index (χ3n) is 8.59. The van der Waals surface area contributed by atoms with Crippen molar-refractivity contribution in [3.63, 3.8) is 0 Å². The highest BCUT2D eigenvalue weighted by Crippen LogP contribution is 2.34. The monoisotopic (exact) mass is 580 g/mol. The minimum atomic E-state index is -0.421. The number of aliphatic hydroxyl groups excluding tert-OH is 1. The minimum Gasteiger partial charge on any atom is -0.488 e. The lowest BCUT2D eigenvalue weighted by Crippen LogP contribution is -2.48. The lowest BCUT2D eigenvalue weighted by Gasteiger charge is -2.35. The molecular weight excluding hydrogens is 536 g/mol. The first-order valence-corrected chi connectivity index (χ1v) is 15.1. The van der Waals surface area contributed by atoms with Crippen LogP contribution in [0.4, 0.5) is 16.2 Å². The van der Waals surface area contributed by atoms with E-state index in [1.807, 2.05) is 13.0 Å². The molecule has 42 heavy (non-hydrogen) atoms. The van der Waals surface area contributed by atoms with Crippen molar-refractivity contribution in [3.05, 3.63) is 42.0 Å². The van der Waals surface area contributed by atoms with E-state index in [-0.39, 0.29) is 43.8 Å². The molecule has 0 bridgehead atoms. The van der Waals surface area contributed by atoms with Gasteiger partial charge < -0.3 is 39.8 Å². The molecule has 0 aromatic heterocycles. The van der Waals surface area contributed by atoms with Gasteiger partial charge in [-0.15, -0.1) is 0 Å². The highest BCUT2D eigenvalue weighted by molar-refractivity contribution is 6.00. The van der Waals surface area contributed by atoms with Crippen LogP contribution in [0.3, 0.4) is 0 Å². The second kappa shape index (κ2) is 13.6. The van der Waals surface area contributed by atoms with Crippen LogP contribution in [0.2, 0.25) is 0 Å². The Morgan fingerprint density at radius 2 is 1.71 bits per heavy atom. The van der Waals surface area contributed by atoms with E-state index in [9.17, 15) is 14.7 Å². The van der Waals surface area contributed by atoms with E-state index in [2.05, 4.69) is 29.5 Å². The fourth-order valence-corrected chi connectivity index (χ4v) is 6.19. The van der Waals surface area contributed by atoms with Crippen LogP contribution in [-0.4, -0.2) is 79.1 Å². The van der Waals surface area contributed by atoms with Gasteiger partial charge in [-0.2, -0.15) is 0 Å². The zero-order valence-corrected chi connectivity index (χ0v) is 24.9. The number of fused-ring (bicyclic) bond motifs is 2. The summed E-state index contributed by atoms with van der Waals surface area (Å²) in [6.45, 7) is 6.31. The van der Waals surface area contributed by atoms with Crippen molar-refractivity contribution in [3.8, 4) is 17.2 Å². The number of carbonyl (C=O) groups is 2. The van der Waals surface area contributed by atoms with Gasteiger partial charge in [0.2, 0.25) is 12.7 Å². The van der Waals surface area contributed by atoms with E-state index in [1.54, 1.807) is 35.2 Å². The maximum absolute atomic E-state index is 13.5. The molecule has 10 nitrogen and oxygen atoms in total. The Morgan fingerprint density at radius 3 is 2.45 bits per heavy atom. The number of carbonyl (C=O) groups excluding carboxylic acids is 2. The quantitative estimate of drug-likeness (QED) is 0.414. The molecule has 0 spiro atoms. The number of hydrogen-bond donors (Lipinski definition) is 3. The third kappa shape index (κ3) is 7.46. The first-order chi connectivity index (χ1) is 20.3. The number of hydrogen-bond acceptors (Lipinski definition) is 7. The van der Waals surface area contributed by atoms with Crippen molar-refractivity contribution < 1.29 is 28.9 Å². The number of rotatable bonds is 8. The highest BCUT2D eigenvalue weighted by Gasteiger charge is 2.31. The van der Waals surface area contributed by atoms with Gasteiger partial charge in [-0.05, 0) is 63.1 Å². The SMILES string of the molecule is C[C@H](CO)N1C[C@H](C)[C@@H](CN(C)CC2CCCCC2)Oc2ccc(NC(=O)Nc3ccc4c(c3)OCO4)cc2CC1=O. The first-order valence-electron chi connectivity index (χ1n) is 15.1. The maximum Gasteiger partial charge on any atom is 0.323 e. The number of anilines is 2. The summed E-state index contributed by atoms with van der Waals surface area (Å²) in [5.41, 5.74) is 1.81. The molecule has 3 N–H and O–H groups in total. The van der Waals surface area contributed by atoms with Crippen molar-refractivity contribution in [1.82, 2.24) is 9.80 Å². The van der Waals surface area contributed by atoms with Gasteiger partial charge in [0, 0.05) is 48.6 Å². The number of urea groups is 1. The number of benzene rings is 2. The second-order valence-corrected chi connectivity index (χ2v) is 12.1. The van der Waals surface area contributed by atoms with Crippen LogP contribution in [0.1, 0.15) is 51.5 Å². The van der Waals surface area contributed by atoms with Crippen molar-refractivity contribution >= 4 is 23.3 Å². The molecule has 10 heteroatoms. The van der Waals surface area contributed by atoms with E-state index in [0.29, 0.717) is 46.6 Å². The molecule has 1 fully saturated rings. The highest BCUT2D eigenvalue weighted by atomic mass is 16.7. The Kier molecular flexibility index (Phi) is 9.74. The van der Waals surface area contributed by atoms with Crippen LogP contribution in [-0.2, 0) is 11.2 Å². The van der Waals surface area contributed by atoms with Gasteiger partial charge >= 0.3 is 6.03 Å². The van der Waals surface area contributed by atoms with E-state index >= 15 is 0 Å². The van der Waals surface area contributed by atoms with Gasteiger partial charge in [0.15, 0.2) is 11.5 Å². The van der Waals surface area contributed by atoms with Gasteiger partial charge in [-0.1, -0.05) is 26.2 Å². The molecular formula is C32H44N4O6. The van der Waals surface area contributed by atoms with Crippen LogP contribution in [0, 0.1) is 11.8 Å². The Balaban J connectivity index is 1.32. The van der Waals surface area contributed by atoms with Gasteiger partial charge in [-0.3, -0.25) is 4.79 Å². The van der Waals surface area contributed by atoms with Crippen molar-refractivity contribution in [2.24, 2.45) is 11.8 Å². The van der Waals surface area contributed by atoms with Gasteiger partial charge in [0.1, 0.15) is 11.9 Å². The van der Waals surface area contributed by atoms with Crippen LogP contribution in [0.25, 0.3) is 0 Å². The molecule has 0 unspecified atom stereocenters. The van der Waals surface area contributed by atoms with E-state index in [1.165, 1.54) is 32.1 Å². The summed E-state index contributed by atoms with van der Waals surface area (Å²) < 4.78 is 17.4. The second-order valence-electron chi connectivity index (χ2n) is 12.1. The summed E-state index contributed by atoms with van der Waals surface area (Å²) in [6, 6.07) is 9.90. The summed E-state index contributed by atoms with van der Waals surface area (Å²) in [7, 11) is 2.16. The number of ether oxygens (including phenoxy) is 3. The van der Waals surface area contributed by atoms with Crippen molar-refractivity contribution in [1.29, 1.82) is 0 Å². The van der Waals surface area contributed by atoms with Crippen LogP contribution in [0.5, 0.6) is 17.2 Å². The topological polar surface area (TPSA) is 113 Å². The number of likely N-dealkylation sites (N-methyl/N-ethyl adjacent to an activating group) is 1. The van der Waals surface area contributed by atoms with Crippen LogP contribution < -0.4 is 24.8 Å². The molecule has 2 aromatic carbocycles. The Hall–Kier alpha value is -3.50. The molecule has 2 aliphatic heterocycles. The zero-order chi connectivity index (χ0) is 29.6. The molecule has 3 aliphatic rings. The zero-order valence-electron chi connectivity index (χ0n) is 24.9. The predicted octanol–water partition coefficient (Wildman–Crippen LogP) is 4.72.